The second kappa shape index (κ2) is 8.53. The van der Waals surface area contributed by atoms with Gasteiger partial charge in [0, 0.05) is 16.1 Å². The first-order valence-corrected chi connectivity index (χ1v) is 10.5. The van der Waals surface area contributed by atoms with Gasteiger partial charge in [-0.3, -0.25) is 4.79 Å². The zero-order valence-electron chi connectivity index (χ0n) is 16.6. The Kier molecular flexibility index (Phi) is 6.27. The summed E-state index contributed by atoms with van der Waals surface area (Å²) in [5, 5.41) is 4.61. The van der Waals surface area contributed by atoms with Gasteiger partial charge in [-0.2, -0.15) is 0 Å². The van der Waals surface area contributed by atoms with Gasteiger partial charge in [-0.1, -0.05) is 45.4 Å². The van der Waals surface area contributed by atoms with Crippen molar-refractivity contribution in [2.24, 2.45) is 4.40 Å². The van der Waals surface area contributed by atoms with E-state index in [-0.39, 0.29) is 5.78 Å². The van der Waals surface area contributed by atoms with E-state index in [1.807, 2.05) is 32.9 Å². The van der Waals surface area contributed by atoms with Crippen LogP contribution in [0.1, 0.15) is 48.1 Å². The Hall–Kier alpha value is -2.41. The van der Waals surface area contributed by atoms with Gasteiger partial charge in [-0.05, 0) is 57.5 Å². The molecule has 0 N–H and O–H groups in total. The fourth-order valence-corrected chi connectivity index (χ4v) is 3.35. The first-order valence-electron chi connectivity index (χ1n) is 9.00. The number of halogens is 1. The Morgan fingerprint density at radius 1 is 1.17 bits per heavy atom. The van der Waals surface area contributed by atoms with Gasteiger partial charge in [0.1, 0.15) is 33.8 Å². The van der Waals surface area contributed by atoms with Crippen LogP contribution in [0, 0.1) is 6.92 Å². The van der Waals surface area contributed by atoms with Crippen LogP contribution in [0.4, 0.5) is 0 Å². The number of nitrogens with zero attached hydrogens (tertiary/aromatic N) is 2. The summed E-state index contributed by atoms with van der Waals surface area (Å²) in [4.78, 5) is 13.1. The summed E-state index contributed by atoms with van der Waals surface area (Å²) in [5.41, 5.74) is 2.79. The lowest BCUT2D eigenvalue weighted by Gasteiger charge is -2.17. The van der Waals surface area contributed by atoms with Crippen molar-refractivity contribution in [1.82, 2.24) is 5.16 Å². The lowest BCUT2D eigenvalue weighted by Crippen LogP contribution is -2.25. The van der Waals surface area contributed by atoms with Crippen molar-refractivity contribution in [2.75, 3.05) is 0 Å². The topological polar surface area (TPSA) is 78.5 Å². The quantitative estimate of drug-likeness (QED) is 0.309. The minimum Gasteiger partial charge on any atom is -0.591 e. The predicted molar refractivity (Wildman–Crippen MR) is 117 cm³/mol. The van der Waals surface area contributed by atoms with Crippen LogP contribution >= 0.6 is 11.6 Å². The number of aromatic nitrogens is 1. The highest BCUT2D eigenvalue weighted by atomic mass is 35.5. The third-order valence-electron chi connectivity index (χ3n) is 4.23. The van der Waals surface area contributed by atoms with E-state index in [0.29, 0.717) is 38.7 Å². The van der Waals surface area contributed by atoms with E-state index in [2.05, 4.69) is 9.55 Å². The monoisotopic (exact) mass is 428 g/mol. The first-order chi connectivity index (χ1) is 13.7. The first kappa shape index (κ1) is 21.3. The zero-order chi connectivity index (χ0) is 21.2. The van der Waals surface area contributed by atoms with Crippen molar-refractivity contribution < 1.29 is 13.9 Å². The van der Waals surface area contributed by atoms with Crippen LogP contribution < -0.4 is 0 Å². The van der Waals surface area contributed by atoms with Gasteiger partial charge in [0.05, 0.1) is 5.56 Å². The highest BCUT2D eigenvalue weighted by molar-refractivity contribution is 7.91. The van der Waals surface area contributed by atoms with Crippen LogP contribution in [0.15, 0.2) is 57.5 Å². The number of ketones is 1. The van der Waals surface area contributed by atoms with Gasteiger partial charge < -0.3 is 9.08 Å². The normalized spacial score (nSPS) is 13.0. The summed E-state index contributed by atoms with van der Waals surface area (Å²) in [5.74, 6) is 0.406. The maximum Gasteiger partial charge on any atom is 0.193 e. The standard InChI is InChI=1S/C22H21ClN2O3S/c1-14-20(19(25-28-14)13-24-29(27)22(2,3)4)17-7-5-6-8-18(17)21(26)15-9-11-16(23)12-10-15/h5-13H,1-4H3/b24-13+/t29-/m0/s1. The molecule has 0 radical (unpaired) electrons. The molecule has 5 nitrogen and oxygen atoms in total. The molecule has 0 aliphatic heterocycles. The number of rotatable bonds is 5. The molecule has 0 amide bonds. The van der Waals surface area contributed by atoms with Crippen molar-refractivity contribution in [1.29, 1.82) is 0 Å². The SMILES string of the molecule is Cc1onc(/C=N/[S@@+]([O-])C(C)(C)C)c1-c1ccccc1C(=O)c1ccc(Cl)cc1. The van der Waals surface area contributed by atoms with E-state index in [0.717, 1.165) is 0 Å². The summed E-state index contributed by atoms with van der Waals surface area (Å²) < 4.78 is 21.3. The van der Waals surface area contributed by atoms with E-state index in [1.54, 1.807) is 43.3 Å². The third kappa shape index (κ3) is 4.78. The smallest absolute Gasteiger partial charge is 0.193 e. The molecule has 2 aromatic carbocycles. The Labute approximate surface area is 178 Å². The molecule has 3 aromatic rings. The molecule has 0 aliphatic carbocycles. The molecule has 1 atom stereocenters. The second-order valence-electron chi connectivity index (χ2n) is 7.48. The highest BCUT2D eigenvalue weighted by Gasteiger charge is 2.27. The number of carbonyl (C=O) groups excluding carboxylic acids is 1. The molecule has 3 rings (SSSR count). The van der Waals surface area contributed by atoms with E-state index in [9.17, 15) is 9.35 Å². The fraction of sp³-hybridized carbons (Fsp3) is 0.227. The zero-order valence-corrected chi connectivity index (χ0v) is 18.2. The van der Waals surface area contributed by atoms with Crippen LogP contribution in [0.2, 0.25) is 5.02 Å². The molecule has 150 valence electrons. The number of benzene rings is 2. The molecule has 7 heteroatoms. The molecule has 29 heavy (non-hydrogen) atoms. The van der Waals surface area contributed by atoms with Gasteiger partial charge in [-0.15, -0.1) is 0 Å². The summed E-state index contributed by atoms with van der Waals surface area (Å²) in [7, 11) is 0. The third-order valence-corrected chi connectivity index (χ3v) is 5.83. The lowest BCUT2D eigenvalue weighted by molar-refractivity contribution is 0.103. The van der Waals surface area contributed by atoms with Gasteiger partial charge in [0.15, 0.2) is 5.78 Å². The van der Waals surface area contributed by atoms with Crippen LogP contribution in [0.25, 0.3) is 11.1 Å². The van der Waals surface area contributed by atoms with Crippen LogP contribution in [0.3, 0.4) is 0 Å². The molecule has 0 fully saturated rings. The van der Waals surface area contributed by atoms with Crippen LogP contribution in [-0.2, 0) is 11.4 Å². The van der Waals surface area contributed by atoms with E-state index >= 15 is 0 Å². The second-order valence-corrected chi connectivity index (χ2v) is 9.85. The van der Waals surface area contributed by atoms with E-state index < -0.39 is 16.1 Å². The molecule has 1 heterocycles. The highest BCUT2D eigenvalue weighted by Crippen LogP contribution is 2.31. The lowest BCUT2D eigenvalue weighted by atomic mass is 9.93. The van der Waals surface area contributed by atoms with Crippen LogP contribution in [-0.4, -0.2) is 26.5 Å². The van der Waals surface area contributed by atoms with E-state index in [1.165, 1.54) is 6.21 Å². The molecule has 0 bridgehead atoms. The Morgan fingerprint density at radius 2 is 1.83 bits per heavy atom. The van der Waals surface area contributed by atoms with Gasteiger partial charge >= 0.3 is 0 Å². The van der Waals surface area contributed by atoms with Gasteiger partial charge in [0.2, 0.25) is 0 Å². The van der Waals surface area contributed by atoms with Gasteiger partial charge in [0.25, 0.3) is 0 Å². The van der Waals surface area contributed by atoms with Crippen molar-refractivity contribution >= 4 is 35.0 Å². The molecule has 0 saturated heterocycles. The maximum atomic E-state index is 13.1. The Morgan fingerprint density at radius 3 is 2.48 bits per heavy atom. The van der Waals surface area contributed by atoms with Crippen LogP contribution in [0.5, 0.6) is 0 Å². The summed E-state index contributed by atoms with van der Waals surface area (Å²) in [6.45, 7) is 7.30. The minimum atomic E-state index is -1.43. The number of carbonyl (C=O) groups is 1. The number of hydrogen-bond acceptors (Lipinski definition) is 5. The summed E-state index contributed by atoms with van der Waals surface area (Å²) in [6, 6.07) is 14.0. The molecule has 0 spiro atoms. The molecular formula is C22H21ClN2O3S. The van der Waals surface area contributed by atoms with Crippen molar-refractivity contribution in [3.05, 3.63) is 76.1 Å². The Balaban J connectivity index is 2.05. The summed E-state index contributed by atoms with van der Waals surface area (Å²) in [6.07, 6.45) is 1.44. The predicted octanol–water partition coefficient (Wildman–Crippen LogP) is 5.42. The largest absolute Gasteiger partial charge is 0.591 e. The van der Waals surface area contributed by atoms with Crippen molar-refractivity contribution in [2.45, 2.75) is 32.4 Å². The molecule has 1 aromatic heterocycles. The molecular weight excluding hydrogens is 408 g/mol. The average molecular weight is 429 g/mol. The van der Waals surface area contributed by atoms with Crippen molar-refractivity contribution in [3.63, 3.8) is 0 Å². The van der Waals surface area contributed by atoms with Gasteiger partial charge in [-0.25, -0.2) is 0 Å². The number of hydrogen-bond donors (Lipinski definition) is 0. The summed E-state index contributed by atoms with van der Waals surface area (Å²) >= 11 is 4.51. The average Bonchev–Trinajstić information content (AvgIpc) is 3.05. The molecule has 0 saturated carbocycles. The molecule has 0 unspecified atom stereocenters. The minimum absolute atomic E-state index is 0.140. The number of aryl methyl sites for hydroxylation is 1. The fourth-order valence-electron chi connectivity index (χ4n) is 2.72. The Bertz CT molecular complexity index is 1050. The maximum absolute atomic E-state index is 13.1. The van der Waals surface area contributed by atoms with E-state index in [4.69, 9.17) is 16.1 Å². The van der Waals surface area contributed by atoms with Crippen molar-refractivity contribution in [3.8, 4) is 11.1 Å². The molecule has 0 aliphatic rings.